The second-order valence-electron chi connectivity index (χ2n) is 7.55. The number of anilines is 1. The summed E-state index contributed by atoms with van der Waals surface area (Å²) in [6.45, 7) is 0.360. The second kappa shape index (κ2) is 9.71. The number of carbonyl (C=O) groups excluding carboxylic acids is 2. The van der Waals surface area contributed by atoms with Crippen molar-refractivity contribution in [3.05, 3.63) is 41.2 Å². The van der Waals surface area contributed by atoms with Crippen LogP contribution in [0.2, 0.25) is 0 Å². The Labute approximate surface area is 178 Å². The van der Waals surface area contributed by atoms with Crippen LogP contribution in [-0.2, 0) is 17.8 Å². The maximum absolute atomic E-state index is 12.2. The quantitative estimate of drug-likeness (QED) is 0.461. The lowest BCUT2D eigenvalue weighted by molar-refractivity contribution is -0.121. The van der Waals surface area contributed by atoms with Crippen LogP contribution in [0.5, 0.6) is 0 Å². The standard InChI is InChI=1S/C21H26N6O2S/c28-19(22-12-18-25-16-8-4-5-9-17(16)26-18)11-10-15-13-30-21(24-15)27-20(29)23-14-6-2-1-3-7-14/h4-5,8-9,13-14H,1-3,6-7,10-12H2,(H,22,28)(H,25,26)(H2,23,24,27,29). The molecule has 3 aromatic rings. The molecule has 3 amide bonds. The highest BCUT2D eigenvalue weighted by Crippen LogP contribution is 2.19. The highest BCUT2D eigenvalue weighted by atomic mass is 32.1. The topological polar surface area (TPSA) is 112 Å². The number of imidazole rings is 1. The fraction of sp³-hybridized carbons (Fsp3) is 0.429. The van der Waals surface area contributed by atoms with Crippen LogP contribution in [0.15, 0.2) is 29.6 Å². The Morgan fingerprint density at radius 3 is 2.80 bits per heavy atom. The number of para-hydroxylation sites is 2. The number of aromatic amines is 1. The van der Waals surface area contributed by atoms with E-state index in [1.54, 1.807) is 0 Å². The summed E-state index contributed by atoms with van der Waals surface area (Å²) in [6.07, 6.45) is 6.53. The van der Waals surface area contributed by atoms with Crippen molar-refractivity contribution in [1.82, 2.24) is 25.6 Å². The summed E-state index contributed by atoms with van der Waals surface area (Å²) in [6, 6.07) is 7.82. The van der Waals surface area contributed by atoms with Crippen LogP contribution in [0.4, 0.5) is 9.93 Å². The number of urea groups is 1. The predicted molar refractivity (Wildman–Crippen MR) is 117 cm³/mol. The summed E-state index contributed by atoms with van der Waals surface area (Å²) >= 11 is 1.37. The molecule has 9 heteroatoms. The predicted octanol–water partition coefficient (Wildman–Crippen LogP) is 3.72. The summed E-state index contributed by atoms with van der Waals surface area (Å²) in [5, 5.41) is 11.1. The number of benzene rings is 1. The first-order valence-corrected chi connectivity index (χ1v) is 11.3. The Morgan fingerprint density at radius 2 is 1.97 bits per heavy atom. The highest BCUT2D eigenvalue weighted by molar-refractivity contribution is 7.13. The van der Waals surface area contributed by atoms with Gasteiger partial charge in [0, 0.05) is 17.8 Å². The van der Waals surface area contributed by atoms with E-state index in [0.29, 0.717) is 24.5 Å². The number of carbonyl (C=O) groups is 2. The molecule has 1 aromatic carbocycles. The minimum Gasteiger partial charge on any atom is -0.349 e. The van der Waals surface area contributed by atoms with E-state index in [1.807, 2.05) is 29.6 Å². The molecule has 4 N–H and O–H groups in total. The molecule has 2 aromatic heterocycles. The van der Waals surface area contributed by atoms with Gasteiger partial charge in [-0.3, -0.25) is 10.1 Å². The third-order valence-corrected chi connectivity index (χ3v) is 6.02. The molecule has 4 rings (SSSR count). The van der Waals surface area contributed by atoms with Crippen molar-refractivity contribution in [2.75, 3.05) is 5.32 Å². The molecule has 0 bridgehead atoms. The Morgan fingerprint density at radius 1 is 1.13 bits per heavy atom. The molecule has 0 aliphatic heterocycles. The average molecular weight is 427 g/mol. The molecule has 1 aliphatic carbocycles. The molecule has 0 atom stereocenters. The number of H-pyrrole nitrogens is 1. The Balaban J connectivity index is 1.19. The lowest BCUT2D eigenvalue weighted by Gasteiger charge is -2.22. The van der Waals surface area contributed by atoms with Gasteiger partial charge in [-0.05, 0) is 31.4 Å². The van der Waals surface area contributed by atoms with Gasteiger partial charge in [0.05, 0.1) is 23.3 Å². The first-order valence-electron chi connectivity index (χ1n) is 10.4. The van der Waals surface area contributed by atoms with Crippen molar-refractivity contribution in [2.24, 2.45) is 0 Å². The third kappa shape index (κ3) is 5.56. The first-order chi connectivity index (χ1) is 14.7. The summed E-state index contributed by atoms with van der Waals surface area (Å²) < 4.78 is 0. The number of hydrogen-bond donors (Lipinski definition) is 4. The highest BCUT2D eigenvalue weighted by Gasteiger charge is 2.16. The van der Waals surface area contributed by atoms with Crippen molar-refractivity contribution >= 4 is 39.4 Å². The number of nitrogens with zero attached hydrogens (tertiary/aromatic N) is 2. The number of fused-ring (bicyclic) bond motifs is 1. The zero-order valence-electron chi connectivity index (χ0n) is 16.7. The molecular formula is C21H26N6O2S. The summed E-state index contributed by atoms with van der Waals surface area (Å²) in [4.78, 5) is 36.3. The third-order valence-electron chi connectivity index (χ3n) is 5.21. The molecule has 30 heavy (non-hydrogen) atoms. The molecule has 0 unspecified atom stereocenters. The number of rotatable bonds is 7. The monoisotopic (exact) mass is 426 g/mol. The minimum atomic E-state index is -0.202. The molecule has 1 aliphatic rings. The number of thiazole rings is 1. The van der Waals surface area contributed by atoms with E-state index in [-0.39, 0.29) is 18.0 Å². The number of nitrogens with one attached hydrogen (secondary N) is 4. The summed E-state index contributed by atoms with van der Waals surface area (Å²) in [5.74, 6) is 0.668. The van der Waals surface area contributed by atoms with Crippen LogP contribution in [0.3, 0.4) is 0 Å². The lowest BCUT2D eigenvalue weighted by Crippen LogP contribution is -2.39. The molecule has 0 saturated heterocycles. The van der Waals surface area contributed by atoms with Crippen molar-refractivity contribution < 1.29 is 9.59 Å². The first kappa shape index (κ1) is 20.3. The number of amides is 3. The number of aromatic nitrogens is 3. The van der Waals surface area contributed by atoms with Gasteiger partial charge in [-0.1, -0.05) is 31.4 Å². The zero-order valence-corrected chi connectivity index (χ0v) is 17.6. The van der Waals surface area contributed by atoms with Crippen molar-refractivity contribution in [3.8, 4) is 0 Å². The second-order valence-corrected chi connectivity index (χ2v) is 8.41. The van der Waals surface area contributed by atoms with Gasteiger partial charge in [0.2, 0.25) is 5.91 Å². The fourth-order valence-electron chi connectivity index (χ4n) is 3.65. The molecule has 1 saturated carbocycles. The van der Waals surface area contributed by atoms with Gasteiger partial charge in [0.25, 0.3) is 0 Å². The Bertz CT molecular complexity index is 975. The zero-order chi connectivity index (χ0) is 20.8. The van der Waals surface area contributed by atoms with Gasteiger partial charge in [-0.25, -0.2) is 14.8 Å². The van der Waals surface area contributed by atoms with E-state index in [4.69, 9.17) is 0 Å². The molecule has 158 valence electrons. The summed E-state index contributed by atoms with van der Waals surface area (Å²) in [5.41, 5.74) is 2.64. The smallest absolute Gasteiger partial charge is 0.321 e. The largest absolute Gasteiger partial charge is 0.349 e. The van der Waals surface area contributed by atoms with Gasteiger partial charge in [-0.15, -0.1) is 11.3 Å². The number of aryl methyl sites for hydroxylation is 1. The molecule has 2 heterocycles. The van der Waals surface area contributed by atoms with Crippen LogP contribution in [0.25, 0.3) is 11.0 Å². The van der Waals surface area contributed by atoms with E-state index in [1.165, 1.54) is 30.6 Å². The average Bonchev–Trinajstić information content (AvgIpc) is 3.37. The maximum atomic E-state index is 12.2. The van der Waals surface area contributed by atoms with Crippen molar-refractivity contribution in [2.45, 2.75) is 57.5 Å². The minimum absolute atomic E-state index is 0.0620. The molecule has 8 nitrogen and oxygen atoms in total. The van der Waals surface area contributed by atoms with Gasteiger partial charge in [0.1, 0.15) is 5.82 Å². The van der Waals surface area contributed by atoms with E-state index < -0.39 is 0 Å². The van der Waals surface area contributed by atoms with Gasteiger partial charge < -0.3 is 15.6 Å². The van der Waals surface area contributed by atoms with Crippen LogP contribution < -0.4 is 16.0 Å². The normalized spacial score (nSPS) is 14.5. The fourth-order valence-corrected chi connectivity index (χ4v) is 4.39. The van der Waals surface area contributed by atoms with Crippen LogP contribution in [0, 0.1) is 0 Å². The maximum Gasteiger partial charge on any atom is 0.321 e. The van der Waals surface area contributed by atoms with Crippen LogP contribution in [-0.4, -0.2) is 32.9 Å². The van der Waals surface area contributed by atoms with Gasteiger partial charge in [-0.2, -0.15) is 0 Å². The van der Waals surface area contributed by atoms with Gasteiger partial charge in [0.15, 0.2) is 5.13 Å². The van der Waals surface area contributed by atoms with E-state index in [9.17, 15) is 9.59 Å². The van der Waals surface area contributed by atoms with Crippen molar-refractivity contribution in [1.29, 1.82) is 0 Å². The Hall–Kier alpha value is -2.94. The van der Waals surface area contributed by atoms with Crippen LogP contribution in [0.1, 0.15) is 50.0 Å². The molecular weight excluding hydrogens is 400 g/mol. The Kier molecular flexibility index (Phi) is 6.58. The number of hydrogen-bond acceptors (Lipinski definition) is 5. The van der Waals surface area contributed by atoms with Gasteiger partial charge >= 0.3 is 6.03 Å². The molecule has 0 radical (unpaired) electrons. The van der Waals surface area contributed by atoms with E-state index in [2.05, 4.69) is 30.9 Å². The van der Waals surface area contributed by atoms with E-state index in [0.717, 1.165) is 35.4 Å². The summed E-state index contributed by atoms with van der Waals surface area (Å²) in [7, 11) is 0. The van der Waals surface area contributed by atoms with Crippen LogP contribution >= 0.6 is 11.3 Å². The van der Waals surface area contributed by atoms with E-state index >= 15 is 0 Å². The molecule has 1 fully saturated rings. The molecule has 0 spiro atoms. The van der Waals surface area contributed by atoms with Crippen molar-refractivity contribution in [3.63, 3.8) is 0 Å². The lowest BCUT2D eigenvalue weighted by atomic mass is 9.96. The SMILES string of the molecule is O=C(CCc1csc(NC(=O)NC2CCCCC2)n1)NCc1nc2ccccc2[nH]1.